The topological polar surface area (TPSA) is 16.4 Å². The zero-order chi connectivity index (χ0) is 63.2. The summed E-state index contributed by atoms with van der Waals surface area (Å²) in [7, 11) is 0. The van der Waals surface area contributed by atoms with Crippen molar-refractivity contribution in [3.05, 3.63) is 199 Å². The second-order valence-electron chi connectivity index (χ2n) is 10.8. The second kappa shape index (κ2) is 12.5. The fourth-order valence-electron chi connectivity index (χ4n) is 5.50. The third-order valence-electron chi connectivity index (χ3n) is 7.82. The Balaban J connectivity index is 1.41. The first kappa shape index (κ1) is 11.6. The van der Waals surface area contributed by atoms with Gasteiger partial charge in [0.05, 0.1) is 45.2 Å². The van der Waals surface area contributed by atoms with Gasteiger partial charge in [-0.15, -0.1) is 0 Å². The Bertz CT molecular complexity index is 4740. The van der Waals surface area contributed by atoms with E-state index in [1.807, 2.05) is 0 Å². The minimum Gasteiger partial charge on any atom is -0.455 e. The molecule has 52 heavy (non-hydrogen) atoms. The van der Waals surface area contributed by atoms with Gasteiger partial charge >= 0.3 is 0 Å². The molecule has 1 aromatic heterocycles. The van der Waals surface area contributed by atoms with Gasteiger partial charge in [0.2, 0.25) is 0 Å². The van der Waals surface area contributed by atoms with Crippen molar-refractivity contribution in [1.82, 2.24) is 0 Å². The lowest BCUT2D eigenvalue weighted by Crippen LogP contribution is -2.10. The van der Waals surface area contributed by atoms with Crippen LogP contribution in [0.4, 0.5) is 17.1 Å². The van der Waals surface area contributed by atoms with Crippen molar-refractivity contribution in [2.24, 2.45) is 0 Å². The van der Waals surface area contributed by atoms with Gasteiger partial charge in [-0.25, -0.2) is 0 Å². The van der Waals surface area contributed by atoms with Gasteiger partial charge in [-0.1, -0.05) is 157 Å². The normalized spacial score (nSPS) is 20.3. The van der Waals surface area contributed by atoms with E-state index in [9.17, 15) is 16.4 Å². The molecule has 0 radical (unpaired) electrons. The highest BCUT2D eigenvalue weighted by Crippen LogP contribution is 2.41. The summed E-state index contributed by atoms with van der Waals surface area (Å²) in [5.74, 6) is 0. The maximum Gasteiger partial charge on any atom is 0.143 e. The quantitative estimate of drug-likeness (QED) is 0.172. The van der Waals surface area contributed by atoms with Crippen LogP contribution in [0.3, 0.4) is 0 Å². The molecule has 0 amide bonds. The highest BCUT2D eigenvalue weighted by atomic mass is 16.3. The van der Waals surface area contributed by atoms with Crippen LogP contribution in [0.15, 0.2) is 204 Å². The van der Waals surface area contributed by atoms with Gasteiger partial charge in [-0.2, -0.15) is 0 Å². The molecular formula is C50H33NO. The summed E-state index contributed by atoms with van der Waals surface area (Å²) in [6, 6.07) is -35.0. The molecule has 10 rings (SSSR count). The highest BCUT2D eigenvalue weighted by Gasteiger charge is 2.17. The van der Waals surface area contributed by atoms with Crippen LogP contribution >= 0.6 is 0 Å². The van der Waals surface area contributed by atoms with Crippen LogP contribution in [-0.2, 0) is 0 Å². The molecule has 1 heterocycles. The smallest absolute Gasteiger partial charge is 0.143 e. The molecule has 10 aromatic rings. The SMILES string of the molecule is [2H]c1c([2H])c(-c2c([2H])c([2H])c([2H])c3c([2H])c([2H])c([2H])c([2H])c23)c([2H])c(N(c2c([2H])c([2H])c(-c3c([2H])c([2H])c([2H])c4c3oc3c([2H])c([2H])c([2H])c([2H])c34)c([2H])c2[2H])c2c([2H])c([2H])c(-c3c([2H])c([2H])c([2H])c4c([2H])c([2H])c([2H])c([2H])c34)c([2H])c2[2H])c1[2H]. The van der Waals surface area contributed by atoms with Crippen LogP contribution in [0.1, 0.15) is 45.2 Å². The fourth-order valence-corrected chi connectivity index (χ4v) is 5.50. The number of anilines is 3. The summed E-state index contributed by atoms with van der Waals surface area (Å²) in [5.41, 5.74) is -10.5. The maximum atomic E-state index is 9.93. The molecule has 9 aromatic carbocycles. The Hall–Kier alpha value is -6.90. The number of para-hydroxylation sites is 2. The summed E-state index contributed by atoms with van der Waals surface area (Å²) in [6.45, 7) is 0. The second-order valence-corrected chi connectivity index (χ2v) is 10.8. The van der Waals surface area contributed by atoms with Crippen LogP contribution in [-0.4, -0.2) is 0 Å². The van der Waals surface area contributed by atoms with Crippen molar-refractivity contribution in [2.45, 2.75) is 0 Å². The van der Waals surface area contributed by atoms with Crippen LogP contribution in [0.25, 0.3) is 76.9 Å². The van der Waals surface area contributed by atoms with E-state index in [0.717, 1.165) is 0 Å². The van der Waals surface area contributed by atoms with Gasteiger partial charge in [0.25, 0.3) is 0 Å². The Labute approximate surface area is 348 Å². The van der Waals surface area contributed by atoms with Crippen molar-refractivity contribution in [2.75, 3.05) is 4.90 Å². The third kappa shape index (κ3) is 5.12. The Kier molecular flexibility index (Phi) is 2.77. The highest BCUT2D eigenvalue weighted by molar-refractivity contribution is 6.09. The molecule has 0 bridgehead atoms. The Morgan fingerprint density at radius 1 is 0.346 bits per heavy atom. The summed E-state index contributed by atoms with van der Waals surface area (Å²) >= 11 is 0. The molecule has 0 fully saturated rings. The molecule has 0 saturated heterocycles. The number of nitrogens with zero attached hydrogens (tertiary/aromatic N) is 1. The predicted molar refractivity (Wildman–Crippen MR) is 220 cm³/mol. The van der Waals surface area contributed by atoms with Crippen LogP contribution in [0.5, 0.6) is 0 Å². The van der Waals surface area contributed by atoms with E-state index >= 15 is 0 Å². The molecule has 0 aliphatic heterocycles. The predicted octanol–water partition coefficient (Wildman–Crippen LogP) is 14.4. The molecular weight excluding hydrogens is 631 g/mol. The molecule has 0 spiro atoms. The molecule has 2 heteroatoms. The average Bonchev–Trinajstić information content (AvgIpc) is 1.82. The van der Waals surface area contributed by atoms with E-state index in [1.54, 1.807) is 0 Å². The first-order chi connectivity index (χ1) is 39.5. The van der Waals surface area contributed by atoms with Gasteiger partial charge in [-0.05, 0) is 91.7 Å². The minimum atomic E-state index is -1.36. The molecule has 0 saturated carbocycles. The number of furan rings is 1. The standard InChI is InChI=1S/C50H33NO/c1-3-17-42-34(11-1)13-8-20-44(42)36-25-29-39(30-26-36)51(41-16-7-15-38(33-41)45-21-9-14-35-12-2-4-18-43(35)45)40-31-27-37(28-32-40)46-22-10-23-48-47-19-5-6-24-49(47)52-50(46)48/h1-33H/i1D,2D,3D,4D,5D,6D,7D,8D,9D,10D,11D,12D,13D,14D,15D,16D,17D,18D,19D,20D,21D,22D,23D,24D,25D,26D,27D,28D,29D,30D,31D,32D,33D. The third-order valence-corrected chi connectivity index (χ3v) is 7.82. The summed E-state index contributed by atoms with van der Waals surface area (Å²) in [4.78, 5) is 0.252. The lowest BCUT2D eigenvalue weighted by Gasteiger charge is -2.26. The number of benzene rings is 9. The largest absolute Gasteiger partial charge is 0.455 e. The van der Waals surface area contributed by atoms with E-state index in [4.69, 9.17) is 33.2 Å². The van der Waals surface area contributed by atoms with Crippen LogP contribution in [0, 0.1) is 0 Å². The summed E-state index contributed by atoms with van der Waals surface area (Å²) in [6.07, 6.45) is 0. The first-order valence-corrected chi connectivity index (χ1v) is 15.1. The molecule has 0 aliphatic rings. The van der Waals surface area contributed by atoms with E-state index in [2.05, 4.69) is 0 Å². The van der Waals surface area contributed by atoms with Gasteiger partial charge in [0, 0.05) is 33.4 Å². The number of rotatable bonds is 6. The fraction of sp³-hybridized carbons (Fsp3) is 0. The molecule has 0 unspecified atom stereocenters. The van der Waals surface area contributed by atoms with E-state index in [0.29, 0.717) is 0 Å². The molecule has 0 N–H and O–H groups in total. The van der Waals surface area contributed by atoms with Crippen molar-refractivity contribution in [1.29, 1.82) is 0 Å². The van der Waals surface area contributed by atoms with E-state index < -0.39 is 293 Å². The van der Waals surface area contributed by atoms with Crippen molar-refractivity contribution >= 4 is 60.5 Å². The number of hydrogen-bond donors (Lipinski definition) is 0. The number of hydrogen-bond acceptors (Lipinski definition) is 2. The van der Waals surface area contributed by atoms with E-state index in [-0.39, 0.29) is 4.90 Å². The van der Waals surface area contributed by atoms with Gasteiger partial charge < -0.3 is 9.32 Å². The average molecular weight is 697 g/mol. The Morgan fingerprint density at radius 3 is 1.50 bits per heavy atom. The summed E-state index contributed by atoms with van der Waals surface area (Å²) < 4.78 is 303. The molecule has 244 valence electrons. The van der Waals surface area contributed by atoms with Crippen LogP contribution in [0.2, 0.25) is 0 Å². The van der Waals surface area contributed by atoms with Crippen molar-refractivity contribution < 1.29 is 49.7 Å². The monoisotopic (exact) mass is 696 g/mol. The zero-order valence-electron chi connectivity index (χ0n) is 58.9. The van der Waals surface area contributed by atoms with Gasteiger partial charge in [0.1, 0.15) is 11.2 Å². The molecule has 0 atom stereocenters. The van der Waals surface area contributed by atoms with E-state index in [1.165, 1.54) is 0 Å². The van der Waals surface area contributed by atoms with Gasteiger partial charge in [-0.3, -0.25) is 0 Å². The molecule has 0 aliphatic carbocycles. The molecule has 2 nitrogen and oxygen atoms in total. The summed E-state index contributed by atoms with van der Waals surface area (Å²) in [5, 5.41) is -3.86. The maximum absolute atomic E-state index is 9.93. The van der Waals surface area contributed by atoms with Crippen molar-refractivity contribution in [3.63, 3.8) is 0 Å². The number of fused-ring (bicyclic) bond motifs is 5. The van der Waals surface area contributed by atoms with Gasteiger partial charge in [0.15, 0.2) is 0 Å². The zero-order valence-corrected chi connectivity index (χ0v) is 25.9. The lowest BCUT2D eigenvalue weighted by molar-refractivity contribution is 0.670. The van der Waals surface area contributed by atoms with Crippen LogP contribution < -0.4 is 4.90 Å². The minimum absolute atomic E-state index is 0.252. The Morgan fingerprint density at radius 2 is 0.827 bits per heavy atom. The van der Waals surface area contributed by atoms with Crippen molar-refractivity contribution in [3.8, 4) is 33.4 Å². The lowest BCUT2D eigenvalue weighted by atomic mass is 9.97. The first-order valence-electron chi connectivity index (χ1n) is 31.6.